The van der Waals surface area contributed by atoms with Crippen molar-refractivity contribution in [3.8, 4) is 0 Å². The van der Waals surface area contributed by atoms with Crippen LogP contribution in [0, 0.1) is 6.92 Å². The van der Waals surface area contributed by atoms with Gasteiger partial charge in [0.25, 0.3) is 0 Å². The highest BCUT2D eigenvalue weighted by molar-refractivity contribution is 5.12. The van der Waals surface area contributed by atoms with E-state index < -0.39 is 0 Å². The first kappa shape index (κ1) is 10.5. The van der Waals surface area contributed by atoms with Gasteiger partial charge in [0.15, 0.2) is 5.76 Å². The molecule has 0 spiro atoms. The second kappa shape index (κ2) is 4.33. The molecule has 1 N–H and O–H groups in total. The number of aromatic nitrogens is 3. The molecule has 0 bridgehead atoms. The van der Waals surface area contributed by atoms with Crippen molar-refractivity contribution in [1.29, 1.82) is 0 Å². The van der Waals surface area contributed by atoms with Crippen LogP contribution >= 0.6 is 0 Å². The van der Waals surface area contributed by atoms with E-state index in [0.29, 0.717) is 12.5 Å². The zero-order valence-corrected chi connectivity index (χ0v) is 9.89. The molecule has 2 aromatic heterocycles. The molecular weight excluding hydrogens is 216 g/mol. The summed E-state index contributed by atoms with van der Waals surface area (Å²) in [5, 5.41) is 7.28. The molecule has 3 rings (SSSR count). The number of nitrogens with one attached hydrogen (secondary N) is 1. The van der Waals surface area contributed by atoms with Gasteiger partial charge in [-0.1, -0.05) is 5.16 Å². The monoisotopic (exact) mass is 232 g/mol. The molecule has 1 unspecified atom stereocenters. The van der Waals surface area contributed by atoms with E-state index in [2.05, 4.69) is 20.0 Å². The van der Waals surface area contributed by atoms with Crippen molar-refractivity contribution in [3.05, 3.63) is 35.7 Å². The third-order valence-electron chi connectivity index (χ3n) is 3.23. The maximum atomic E-state index is 5.24. The molecule has 90 valence electrons. The second-order valence-electron chi connectivity index (χ2n) is 4.57. The first-order valence-electron chi connectivity index (χ1n) is 5.96. The SMILES string of the molecule is Cc1cc(Cn2cncc2C2CCNC2)on1. The minimum atomic E-state index is 0.571. The maximum Gasteiger partial charge on any atom is 0.156 e. The largest absolute Gasteiger partial charge is 0.359 e. The van der Waals surface area contributed by atoms with Crippen molar-refractivity contribution >= 4 is 0 Å². The average Bonchev–Trinajstić information content (AvgIpc) is 3.00. The molecule has 2 aromatic rings. The van der Waals surface area contributed by atoms with Gasteiger partial charge < -0.3 is 14.4 Å². The molecular formula is C12H16N4O. The van der Waals surface area contributed by atoms with Gasteiger partial charge in [0, 0.05) is 30.4 Å². The van der Waals surface area contributed by atoms with E-state index >= 15 is 0 Å². The molecule has 0 aromatic carbocycles. The van der Waals surface area contributed by atoms with Crippen LogP contribution in [0.1, 0.15) is 29.5 Å². The van der Waals surface area contributed by atoms with Crippen LogP contribution in [0.25, 0.3) is 0 Å². The fourth-order valence-electron chi connectivity index (χ4n) is 2.37. The fraction of sp³-hybridized carbons (Fsp3) is 0.500. The summed E-state index contributed by atoms with van der Waals surface area (Å²) < 4.78 is 7.39. The molecule has 1 aliphatic heterocycles. The van der Waals surface area contributed by atoms with E-state index in [-0.39, 0.29) is 0 Å². The molecule has 1 saturated heterocycles. The van der Waals surface area contributed by atoms with Gasteiger partial charge in [0.05, 0.1) is 18.6 Å². The number of imidazole rings is 1. The van der Waals surface area contributed by atoms with Gasteiger partial charge in [0.2, 0.25) is 0 Å². The highest BCUT2D eigenvalue weighted by Gasteiger charge is 2.20. The molecule has 3 heterocycles. The summed E-state index contributed by atoms with van der Waals surface area (Å²) in [4.78, 5) is 4.24. The van der Waals surface area contributed by atoms with E-state index in [0.717, 1.165) is 24.5 Å². The summed E-state index contributed by atoms with van der Waals surface area (Å²) >= 11 is 0. The number of hydrogen-bond donors (Lipinski definition) is 1. The predicted octanol–water partition coefficient (Wildman–Crippen LogP) is 1.30. The zero-order valence-electron chi connectivity index (χ0n) is 9.89. The third kappa shape index (κ3) is 2.10. The summed E-state index contributed by atoms with van der Waals surface area (Å²) in [5.41, 5.74) is 2.20. The van der Waals surface area contributed by atoms with E-state index in [1.807, 2.05) is 25.5 Å². The number of aryl methyl sites for hydroxylation is 1. The Labute approximate surface area is 99.8 Å². The van der Waals surface area contributed by atoms with Gasteiger partial charge in [-0.15, -0.1) is 0 Å². The molecule has 5 nitrogen and oxygen atoms in total. The van der Waals surface area contributed by atoms with E-state index in [1.54, 1.807) is 0 Å². The summed E-state index contributed by atoms with van der Waals surface area (Å²) in [7, 11) is 0. The summed E-state index contributed by atoms with van der Waals surface area (Å²) in [6.45, 7) is 4.79. The van der Waals surface area contributed by atoms with Crippen LogP contribution in [0.2, 0.25) is 0 Å². The predicted molar refractivity (Wildman–Crippen MR) is 62.8 cm³/mol. The van der Waals surface area contributed by atoms with Crippen molar-refractivity contribution in [3.63, 3.8) is 0 Å². The maximum absolute atomic E-state index is 5.24. The van der Waals surface area contributed by atoms with E-state index in [4.69, 9.17) is 4.52 Å². The van der Waals surface area contributed by atoms with Gasteiger partial charge in [-0.3, -0.25) is 0 Å². The smallest absolute Gasteiger partial charge is 0.156 e. The molecule has 1 aliphatic rings. The van der Waals surface area contributed by atoms with Crippen LogP contribution in [-0.4, -0.2) is 27.8 Å². The molecule has 5 heteroatoms. The highest BCUT2D eigenvalue weighted by Crippen LogP contribution is 2.22. The van der Waals surface area contributed by atoms with Crippen LogP contribution in [0.5, 0.6) is 0 Å². The average molecular weight is 232 g/mol. The van der Waals surface area contributed by atoms with Crippen LogP contribution in [0.3, 0.4) is 0 Å². The number of hydrogen-bond acceptors (Lipinski definition) is 4. The second-order valence-corrected chi connectivity index (χ2v) is 4.57. The Morgan fingerprint density at radius 2 is 2.53 bits per heavy atom. The van der Waals surface area contributed by atoms with Crippen molar-refractivity contribution in [2.75, 3.05) is 13.1 Å². The lowest BCUT2D eigenvalue weighted by atomic mass is 10.1. The zero-order chi connectivity index (χ0) is 11.7. The summed E-state index contributed by atoms with van der Waals surface area (Å²) in [6.07, 6.45) is 5.01. The first-order valence-corrected chi connectivity index (χ1v) is 5.96. The Kier molecular flexibility index (Phi) is 2.68. The summed E-state index contributed by atoms with van der Waals surface area (Å²) in [6, 6.07) is 1.97. The van der Waals surface area contributed by atoms with E-state index in [9.17, 15) is 0 Å². The molecule has 0 amide bonds. The van der Waals surface area contributed by atoms with E-state index in [1.165, 1.54) is 12.1 Å². The standard InChI is InChI=1S/C12H16N4O/c1-9-4-11(17-15-9)7-16-8-14-6-12(16)10-2-3-13-5-10/h4,6,8,10,13H,2-3,5,7H2,1H3. The molecule has 1 atom stereocenters. The van der Waals surface area contributed by atoms with Crippen LogP contribution < -0.4 is 5.32 Å². The molecule has 0 saturated carbocycles. The quantitative estimate of drug-likeness (QED) is 0.866. The van der Waals surface area contributed by atoms with Crippen molar-refractivity contribution in [2.45, 2.75) is 25.8 Å². The topological polar surface area (TPSA) is 55.9 Å². The van der Waals surface area contributed by atoms with Crippen molar-refractivity contribution in [2.24, 2.45) is 0 Å². The Morgan fingerprint density at radius 3 is 3.24 bits per heavy atom. The van der Waals surface area contributed by atoms with Crippen molar-refractivity contribution < 1.29 is 4.52 Å². The number of rotatable bonds is 3. The minimum Gasteiger partial charge on any atom is -0.359 e. The number of nitrogens with zero attached hydrogens (tertiary/aromatic N) is 3. The van der Waals surface area contributed by atoms with Crippen molar-refractivity contribution in [1.82, 2.24) is 20.0 Å². The lowest BCUT2D eigenvalue weighted by molar-refractivity contribution is 0.371. The lowest BCUT2D eigenvalue weighted by Crippen LogP contribution is -2.11. The Balaban J connectivity index is 1.81. The lowest BCUT2D eigenvalue weighted by Gasteiger charge is -2.11. The van der Waals surface area contributed by atoms with Gasteiger partial charge in [-0.2, -0.15) is 0 Å². The van der Waals surface area contributed by atoms with Gasteiger partial charge >= 0.3 is 0 Å². The molecule has 0 radical (unpaired) electrons. The van der Waals surface area contributed by atoms with Crippen LogP contribution in [0.15, 0.2) is 23.1 Å². The van der Waals surface area contributed by atoms with Gasteiger partial charge in [0.1, 0.15) is 0 Å². The highest BCUT2D eigenvalue weighted by atomic mass is 16.5. The molecule has 1 fully saturated rings. The Morgan fingerprint density at radius 1 is 1.59 bits per heavy atom. The fourth-order valence-corrected chi connectivity index (χ4v) is 2.37. The van der Waals surface area contributed by atoms with Gasteiger partial charge in [-0.05, 0) is 19.9 Å². The van der Waals surface area contributed by atoms with Crippen LogP contribution in [0.4, 0.5) is 0 Å². The molecule has 17 heavy (non-hydrogen) atoms. The Hall–Kier alpha value is -1.62. The molecule has 0 aliphatic carbocycles. The normalized spacial score (nSPS) is 19.9. The van der Waals surface area contributed by atoms with Crippen LogP contribution in [-0.2, 0) is 6.54 Å². The van der Waals surface area contributed by atoms with Gasteiger partial charge in [-0.25, -0.2) is 4.98 Å². The Bertz CT molecular complexity index is 496. The third-order valence-corrected chi connectivity index (χ3v) is 3.23. The summed E-state index contributed by atoms with van der Waals surface area (Å²) in [5.74, 6) is 1.45. The minimum absolute atomic E-state index is 0.571. The first-order chi connectivity index (χ1) is 8.33.